The van der Waals surface area contributed by atoms with Gasteiger partial charge in [0.2, 0.25) is 5.96 Å². The van der Waals surface area contributed by atoms with Gasteiger partial charge in [-0.25, -0.2) is 13.1 Å². The number of rotatable bonds is 5. The van der Waals surface area contributed by atoms with Gasteiger partial charge in [-0.1, -0.05) is 13.0 Å². The molecule has 0 saturated heterocycles. The van der Waals surface area contributed by atoms with Crippen LogP contribution in [0.5, 0.6) is 0 Å². The van der Waals surface area contributed by atoms with Gasteiger partial charge in [0.15, 0.2) is 0 Å². The Labute approximate surface area is 123 Å². The Hall–Kier alpha value is -2.09. The summed E-state index contributed by atoms with van der Waals surface area (Å²) in [5, 5.41) is 11.4. The lowest BCUT2D eigenvalue weighted by Crippen LogP contribution is -2.40. The number of aliphatic imine (C=N–C) groups is 1. The normalized spacial score (nSPS) is 17.7. The van der Waals surface area contributed by atoms with E-state index in [4.69, 9.17) is 5.11 Å². The Kier molecular flexibility index (Phi) is 4.46. The molecule has 1 aliphatic heterocycles. The number of sulfonamides is 1. The van der Waals surface area contributed by atoms with Crippen molar-refractivity contribution in [3.8, 4) is 0 Å². The summed E-state index contributed by atoms with van der Waals surface area (Å²) in [6.45, 7) is 2.19. The molecular formula is C13H17N3O4S. The van der Waals surface area contributed by atoms with Crippen molar-refractivity contribution in [2.45, 2.75) is 31.1 Å². The van der Waals surface area contributed by atoms with E-state index in [-0.39, 0.29) is 23.8 Å². The molecule has 2 rings (SSSR count). The number of nitrogens with one attached hydrogen (secondary N) is 2. The maximum atomic E-state index is 12.2. The number of guanidine groups is 1. The lowest BCUT2D eigenvalue weighted by atomic mass is 10.1. The van der Waals surface area contributed by atoms with Crippen LogP contribution in [0.2, 0.25) is 0 Å². The quantitative estimate of drug-likeness (QED) is 0.708. The van der Waals surface area contributed by atoms with Crippen LogP contribution >= 0.6 is 0 Å². The van der Waals surface area contributed by atoms with Gasteiger partial charge in [0.05, 0.1) is 5.69 Å². The number of benzene rings is 1. The molecule has 1 aromatic carbocycles. The van der Waals surface area contributed by atoms with Gasteiger partial charge in [-0.2, -0.15) is 0 Å². The predicted octanol–water partition coefficient (Wildman–Crippen LogP) is 1.17. The Morgan fingerprint density at radius 1 is 1.38 bits per heavy atom. The molecule has 0 unspecified atom stereocenters. The molecule has 0 amide bonds. The molecule has 0 saturated carbocycles. The molecular weight excluding hydrogens is 294 g/mol. The second kappa shape index (κ2) is 6.13. The number of carboxylic acid groups (broad SMARTS) is 1. The van der Waals surface area contributed by atoms with Gasteiger partial charge in [-0.15, -0.1) is 0 Å². The third-order valence-corrected chi connectivity index (χ3v) is 4.43. The van der Waals surface area contributed by atoms with E-state index in [1.165, 1.54) is 0 Å². The van der Waals surface area contributed by atoms with Crippen molar-refractivity contribution in [1.82, 2.24) is 4.72 Å². The zero-order valence-electron chi connectivity index (χ0n) is 11.6. The molecule has 0 atom stereocenters. The number of carbonyl (C=O) groups is 1. The van der Waals surface area contributed by atoms with Gasteiger partial charge in [-0.05, 0) is 30.5 Å². The van der Waals surface area contributed by atoms with E-state index in [9.17, 15) is 13.2 Å². The second-order valence-electron chi connectivity index (χ2n) is 4.64. The third kappa shape index (κ3) is 3.72. The number of aryl methyl sites for hydroxylation is 1. The molecule has 0 fully saturated rings. The Morgan fingerprint density at radius 3 is 2.81 bits per heavy atom. The van der Waals surface area contributed by atoms with Crippen LogP contribution < -0.4 is 10.0 Å². The number of anilines is 1. The van der Waals surface area contributed by atoms with E-state index in [0.717, 1.165) is 12.0 Å². The number of nitrogens with zero attached hydrogens (tertiary/aromatic N) is 1. The third-order valence-electron chi connectivity index (χ3n) is 3.05. The lowest BCUT2D eigenvalue weighted by Gasteiger charge is -2.22. The van der Waals surface area contributed by atoms with Crippen LogP contribution in [0.15, 0.2) is 28.1 Å². The van der Waals surface area contributed by atoms with Gasteiger partial charge >= 0.3 is 5.97 Å². The highest BCUT2D eigenvalue weighted by Crippen LogP contribution is 2.26. The molecule has 7 nitrogen and oxygen atoms in total. The van der Waals surface area contributed by atoms with Crippen LogP contribution in [0.25, 0.3) is 0 Å². The molecule has 1 heterocycles. The van der Waals surface area contributed by atoms with E-state index < -0.39 is 16.0 Å². The molecule has 0 aromatic heterocycles. The fraction of sp³-hybridized carbons (Fsp3) is 0.385. The van der Waals surface area contributed by atoms with E-state index in [1.807, 2.05) is 13.0 Å². The smallest absolute Gasteiger partial charge is 0.303 e. The van der Waals surface area contributed by atoms with Crippen LogP contribution in [0.4, 0.5) is 5.69 Å². The average Bonchev–Trinajstić information content (AvgIpc) is 2.42. The molecule has 0 radical (unpaired) electrons. The largest absolute Gasteiger partial charge is 0.481 e. The molecule has 21 heavy (non-hydrogen) atoms. The average molecular weight is 311 g/mol. The zero-order valence-corrected chi connectivity index (χ0v) is 12.4. The van der Waals surface area contributed by atoms with E-state index in [0.29, 0.717) is 12.1 Å². The van der Waals surface area contributed by atoms with Crippen molar-refractivity contribution in [1.29, 1.82) is 0 Å². The summed E-state index contributed by atoms with van der Waals surface area (Å²) in [4.78, 5) is 14.6. The summed E-state index contributed by atoms with van der Waals surface area (Å²) in [6, 6.07) is 5.19. The Morgan fingerprint density at radius 2 is 2.14 bits per heavy atom. The minimum atomic E-state index is -3.64. The number of hydrogen-bond donors (Lipinski definition) is 3. The summed E-state index contributed by atoms with van der Waals surface area (Å²) >= 11 is 0. The standard InChI is InChI=1S/C13H17N3O4S/c1-2-9-5-6-10-11(8-9)21(19,20)16-13(15-10)14-7-3-4-12(17)18/h5-6,8H,2-4,7H2,1H3,(H,17,18)(H2,14,15,16). The summed E-state index contributed by atoms with van der Waals surface area (Å²) in [5.74, 6) is -0.776. The summed E-state index contributed by atoms with van der Waals surface area (Å²) in [5.41, 5.74) is 1.41. The minimum absolute atomic E-state index is 0.0000228. The number of fused-ring (bicyclic) bond motifs is 1. The van der Waals surface area contributed by atoms with Gasteiger partial charge < -0.3 is 10.4 Å². The first-order valence-electron chi connectivity index (χ1n) is 6.61. The molecule has 1 aliphatic rings. The lowest BCUT2D eigenvalue weighted by molar-refractivity contribution is -0.137. The molecule has 8 heteroatoms. The first kappa shape index (κ1) is 15.3. The summed E-state index contributed by atoms with van der Waals surface area (Å²) in [7, 11) is -3.64. The van der Waals surface area contributed by atoms with Crippen LogP contribution in [0.3, 0.4) is 0 Å². The van der Waals surface area contributed by atoms with Gasteiger partial charge in [-0.3, -0.25) is 9.79 Å². The van der Waals surface area contributed by atoms with Gasteiger partial charge in [0, 0.05) is 13.0 Å². The Bertz CT molecular complexity index is 683. The predicted molar refractivity (Wildman–Crippen MR) is 78.9 cm³/mol. The highest BCUT2D eigenvalue weighted by Gasteiger charge is 2.26. The monoisotopic (exact) mass is 311 g/mol. The van der Waals surface area contributed by atoms with E-state index in [2.05, 4.69) is 15.0 Å². The molecule has 0 aliphatic carbocycles. The van der Waals surface area contributed by atoms with Crippen molar-refractivity contribution < 1.29 is 18.3 Å². The van der Waals surface area contributed by atoms with Crippen molar-refractivity contribution in [3.05, 3.63) is 23.8 Å². The number of aliphatic carboxylic acids is 1. The van der Waals surface area contributed by atoms with Crippen molar-refractivity contribution in [2.75, 3.05) is 11.9 Å². The second-order valence-corrected chi connectivity index (χ2v) is 6.29. The van der Waals surface area contributed by atoms with E-state index >= 15 is 0 Å². The van der Waals surface area contributed by atoms with Crippen molar-refractivity contribution in [3.63, 3.8) is 0 Å². The first-order chi connectivity index (χ1) is 9.92. The highest BCUT2D eigenvalue weighted by molar-refractivity contribution is 7.90. The van der Waals surface area contributed by atoms with Crippen LogP contribution in [0, 0.1) is 0 Å². The summed E-state index contributed by atoms with van der Waals surface area (Å²) < 4.78 is 26.7. The van der Waals surface area contributed by atoms with Crippen LogP contribution in [0.1, 0.15) is 25.3 Å². The molecule has 114 valence electrons. The van der Waals surface area contributed by atoms with Crippen molar-refractivity contribution >= 4 is 27.6 Å². The van der Waals surface area contributed by atoms with Gasteiger partial charge in [0.25, 0.3) is 10.0 Å². The Balaban J connectivity index is 2.18. The maximum absolute atomic E-state index is 12.2. The fourth-order valence-electron chi connectivity index (χ4n) is 1.94. The maximum Gasteiger partial charge on any atom is 0.303 e. The van der Waals surface area contributed by atoms with E-state index in [1.54, 1.807) is 12.1 Å². The molecule has 1 aromatic rings. The van der Waals surface area contributed by atoms with Crippen LogP contribution in [-0.2, 0) is 21.2 Å². The van der Waals surface area contributed by atoms with Gasteiger partial charge in [0.1, 0.15) is 4.90 Å². The van der Waals surface area contributed by atoms with Crippen LogP contribution in [-0.4, -0.2) is 32.0 Å². The summed E-state index contributed by atoms with van der Waals surface area (Å²) in [6.07, 6.45) is 1.10. The van der Waals surface area contributed by atoms with Crippen molar-refractivity contribution in [2.24, 2.45) is 4.99 Å². The minimum Gasteiger partial charge on any atom is -0.481 e. The first-order valence-corrected chi connectivity index (χ1v) is 8.09. The number of carboxylic acids is 1. The topological polar surface area (TPSA) is 108 Å². The highest BCUT2D eigenvalue weighted by atomic mass is 32.2. The molecule has 0 spiro atoms. The molecule has 3 N–H and O–H groups in total. The fourth-order valence-corrected chi connectivity index (χ4v) is 3.14. The molecule has 0 bridgehead atoms. The number of hydrogen-bond acceptors (Lipinski definition) is 4. The SMILES string of the molecule is CCc1ccc2c(c1)S(=O)(=O)NC(=NCCCC(=O)O)N2. The zero-order chi connectivity index (χ0) is 15.5.